The summed E-state index contributed by atoms with van der Waals surface area (Å²) in [5.74, 6) is 2.34. The molecule has 0 bridgehead atoms. The minimum Gasteiger partial charge on any atom is -0.484 e. The summed E-state index contributed by atoms with van der Waals surface area (Å²) in [6.07, 6.45) is 4.34. The quantitative estimate of drug-likeness (QED) is 0.558. The number of oxazole rings is 1. The third-order valence-corrected chi connectivity index (χ3v) is 5.62. The maximum atomic E-state index is 12.6. The predicted molar refractivity (Wildman–Crippen MR) is 116 cm³/mol. The summed E-state index contributed by atoms with van der Waals surface area (Å²) < 4.78 is 11.7. The maximum absolute atomic E-state index is 12.6. The lowest BCUT2D eigenvalue weighted by atomic mass is 9.98. The number of nitrogens with zero attached hydrogens (tertiary/aromatic N) is 2. The monoisotopic (exact) mass is 424 g/mol. The van der Waals surface area contributed by atoms with E-state index in [-0.39, 0.29) is 18.4 Å². The van der Waals surface area contributed by atoms with Crippen LogP contribution in [0.5, 0.6) is 5.75 Å². The van der Waals surface area contributed by atoms with E-state index in [4.69, 9.17) is 20.8 Å². The topological polar surface area (TPSA) is 55.6 Å². The number of carbonyl (C=O) groups excluding carboxylic acids is 1. The first-order chi connectivity index (χ1) is 14.6. The highest BCUT2D eigenvalue weighted by Gasteiger charge is 2.28. The fourth-order valence-corrected chi connectivity index (χ4v) is 3.80. The molecule has 156 valence electrons. The van der Waals surface area contributed by atoms with Crippen molar-refractivity contribution < 1.29 is 13.9 Å². The van der Waals surface area contributed by atoms with Gasteiger partial charge < -0.3 is 14.1 Å². The van der Waals surface area contributed by atoms with E-state index in [2.05, 4.69) is 4.98 Å². The Hall–Kier alpha value is -2.79. The van der Waals surface area contributed by atoms with Crippen molar-refractivity contribution in [3.63, 3.8) is 0 Å². The zero-order valence-corrected chi connectivity index (χ0v) is 17.8. The van der Waals surface area contributed by atoms with Crippen molar-refractivity contribution in [2.45, 2.75) is 32.1 Å². The Labute approximate surface area is 181 Å². The van der Waals surface area contributed by atoms with Crippen molar-refractivity contribution >= 4 is 17.5 Å². The van der Waals surface area contributed by atoms with Crippen molar-refractivity contribution in [3.05, 3.63) is 82.5 Å². The van der Waals surface area contributed by atoms with Crippen LogP contribution in [0.25, 0.3) is 0 Å². The molecule has 0 spiro atoms. The number of aryl methyl sites for hydroxylation is 1. The minimum absolute atomic E-state index is 0.00628. The summed E-state index contributed by atoms with van der Waals surface area (Å²) in [5.41, 5.74) is 2.28. The van der Waals surface area contributed by atoms with Gasteiger partial charge in [0.15, 0.2) is 12.5 Å². The van der Waals surface area contributed by atoms with E-state index in [1.807, 2.05) is 60.4 Å². The summed E-state index contributed by atoms with van der Waals surface area (Å²) in [5, 5.41) is 0.718. The van der Waals surface area contributed by atoms with Crippen LogP contribution < -0.4 is 4.74 Å². The first kappa shape index (κ1) is 20.5. The largest absolute Gasteiger partial charge is 0.484 e. The standard InChI is InChI=1S/C24H25ClN2O3/c1-17-4-10-21(11-5-17)29-16-23(28)27-12-2-3-19(15-27)24-26-14-22(30-24)13-18-6-8-20(25)9-7-18/h4-11,14,19H,2-3,12-13,15-16H2,1H3. The fourth-order valence-electron chi connectivity index (χ4n) is 3.67. The Kier molecular flexibility index (Phi) is 6.38. The lowest BCUT2D eigenvalue weighted by molar-refractivity contribution is -0.134. The number of benzene rings is 2. The zero-order chi connectivity index (χ0) is 20.9. The number of likely N-dealkylation sites (tertiary alicyclic amines) is 1. The molecule has 0 N–H and O–H groups in total. The second-order valence-electron chi connectivity index (χ2n) is 7.75. The molecule has 30 heavy (non-hydrogen) atoms. The van der Waals surface area contributed by atoms with Gasteiger partial charge in [-0.15, -0.1) is 0 Å². The lowest BCUT2D eigenvalue weighted by Crippen LogP contribution is -2.41. The van der Waals surface area contributed by atoms with E-state index in [0.29, 0.717) is 24.6 Å². The Morgan fingerprint density at radius 2 is 1.97 bits per heavy atom. The predicted octanol–water partition coefficient (Wildman–Crippen LogP) is 5.01. The van der Waals surface area contributed by atoms with Crippen molar-refractivity contribution in [1.82, 2.24) is 9.88 Å². The van der Waals surface area contributed by atoms with E-state index in [1.165, 1.54) is 0 Å². The summed E-state index contributed by atoms with van der Waals surface area (Å²) in [6.45, 7) is 3.41. The van der Waals surface area contributed by atoms with Crippen LogP contribution in [0.15, 0.2) is 59.1 Å². The second-order valence-corrected chi connectivity index (χ2v) is 8.19. The molecule has 0 saturated carbocycles. The second kappa shape index (κ2) is 9.35. The normalized spacial score (nSPS) is 16.5. The molecular weight excluding hydrogens is 400 g/mol. The summed E-state index contributed by atoms with van der Waals surface area (Å²) in [7, 11) is 0. The van der Waals surface area contributed by atoms with Gasteiger partial charge in [0.1, 0.15) is 11.5 Å². The van der Waals surface area contributed by atoms with Crippen molar-refractivity contribution in [1.29, 1.82) is 0 Å². The summed E-state index contributed by atoms with van der Waals surface area (Å²) >= 11 is 5.95. The van der Waals surface area contributed by atoms with Crippen molar-refractivity contribution in [2.75, 3.05) is 19.7 Å². The Balaban J connectivity index is 1.33. The van der Waals surface area contributed by atoms with Crippen LogP contribution in [0, 0.1) is 6.92 Å². The molecular formula is C24H25ClN2O3. The van der Waals surface area contributed by atoms with E-state index in [0.717, 1.165) is 41.3 Å². The molecule has 1 saturated heterocycles. The average molecular weight is 425 g/mol. The average Bonchev–Trinajstić information content (AvgIpc) is 3.23. The molecule has 1 aliphatic rings. The van der Waals surface area contributed by atoms with Gasteiger partial charge in [-0.2, -0.15) is 0 Å². The third-order valence-electron chi connectivity index (χ3n) is 5.37. The summed E-state index contributed by atoms with van der Waals surface area (Å²) in [4.78, 5) is 19.0. The number of ether oxygens (including phenoxy) is 1. The molecule has 4 rings (SSSR count). The Morgan fingerprint density at radius 1 is 1.20 bits per heavy atom. The molecule has 1 atom stereocenters. The van der Waals surface area contributed by atoms with Gasteiger partial charge in [0.25, 0.3) is 5.91 Å². The van der Waals surface area contributed by atoms with Gasteiger partial charge in [-0.3, -0.25) is 4.79 Å². The van der Waals surface area contributed by atoms with Gasteiger partial charge in [-0.25, -0.2) is 4.98 Å². The molecule has 2 aromatic carbocycles. The van der Waals surface area contributed by atoms with Crippen molar-refractivity contribution in [2.24, 2.45) is 0 Å². The molecule has 1 unspecified atom stereocenters. The highest BCUT2D eigenvalue weighted by molar-refractivity contribution is 6.30. The van der Waals surface area contributed by atoms with E-state index < -0.39 is 0 Å². The van der Waals surface area contributed by atoms with E-state index in [9.17, 15) is 4.79 Å². The minimum atomic E-state index is -0.00628. The number of piperidine rings is 1. The van der Waals surface area contributed by atoms with E-state index >= 15 is 0 Å². The van der Waals surface area contributed by atoms with Gasteiger partial charge >= 0.3 is 0 Å². The molecule has 1 fully saturated rings. The first-order valence-electron chi connectivity index (χ1n) is 10.2. The smallest absolute Gasteiger partial charge is 0.260 e. The van der Waals surface area contributed by atoms with E-state index in [1.54, 1.807) is 6.20 Å². The molecule has 2 heterocycles. The molecule has 1 amide bonds. The highest BCUT2D eigenvalue weighted by Crippen LogP contribution is 2.27. The molecule has 1 aromatic heterocycles. The molecule has 3 aromatic rings. The van der Waals surface area contributed by atoms with Crippen LogP contribution in [-0.4, -0.2) is 35.5 Å². The lowest BCUT2D eigenvalue weighted by Gasteiger charge is -2.31. The number of hydrogen-bond acceptors (Lipinski definition) is 4. The molecule has 5 nitrogen and oxygen atoms in total. The van der Waals surface area contributed by atoms with Gasteiger partial charge in [-0.05, 0) is 49.6 Å². The Morgan fingerprint density at radius 3 is 2.73 bits per heavy atom. The van der Waals surface area contributed by atoms with Gasteiger partial charge in [0, 0.05) is 24.5 Å². The van der Waals surface area contributed by atoms with Crippen LogP contribution >= 0.6 is 11.6 Å². The van der Waals surface area contributed by atoms with Crippen LogP contribution in [0.3, 0.4) is 0 Å². The number of carbonyl (C=O) groups is 1. The Bertz CT molecular complexity index is 982. The van der Waals surface area contributed by atoms with Gasteiger partial charge in [-0.1, -0.05) is 41.4 Å². The summed E-state index contributed by atoms with van der Waals surface area (Å²) in [6, 6.07) is 15.4. The molecule has 0 radical (unpaired) electrons. The zero-order valence-electron chi connectivity index (χ0n) is 17.0. The third kappa shape index (κ3) is 5.22. The molecule has 1 aliphatic heterocycles. The van der Waals surface area contributed by atoms with Crippen molar-refractivity contribution in [3.8, 4) is 5.75 Å². The SMILES string of the molecule is Cc1ccc(OCC(=O)N2CCCC(c3ncc(Cc4ccc(Cl)cc4)o3)C2)cc1. The molecule has 0 aliphatic carbocycles. The maximum Gasteiger partial charge on any atom is 0.260 e. The van der Waals surface area contributed by atoms with Gasteiger partial charge in [0.05, 0.1) is 12.1 Å². The number of aromatic nitrogens is 1. The number of amides is 1. The first-order valence-corrected chi connectivity index (χ1v) is 10.6. The van der Waals surface area contributed by atoms with Crippen LogP contribution in [0.1, 0.15) is 41.5 Å². The number of rotatable bonds is 6. The van der Waals surface area contributed by atoms with Gasteiger partial charge in [0.2, 0.25) is 0 Å². The van der Waals surface area contributed by atoms with Crippen LogP contribution in [-0.2, 0) is 11.2 Å². The van der Waals surface area contributed by atoms with Crippen LogP contribution in [0.2, 0.25) is 5.02 Å². The number of hydrogen-bond donors (Lipinski definition) is 0. The van der Waals surface area contributed by atoms with Crippen LogP contribution in [0.4, 0.5) is 0 Å². The fraction of sp³-hybridized carbons (Fsp3) is 0.333. The number of halogens is 1. The highest BCUT2D eigenvalue weighted by atomic mass is 35.5. The molecule has 6 heteroatoms.